The van der Waals surface area contributed by atoms with Crippen LogP contribution in [0.1, 0.15) is 11.1 Å². The Morgan fingerprint density at radius 1 is 0.971 bits per heavy atom. The van der Waals surface area contributed by atoms with E-state index in [1.165, 1.54) is 0 Å². The third-order valence-electron chi connectivity index (χ3n) is 5.96. The Balaban J connectivity index is 1.35. The van der Waals surface area contributed by atoms with Crippen molar-refractivity contribution in [1.29, 1.82) is 5.26 Å². The number of aromatic nitrogens is 3. The van der Waals surface area contributed by atoms with Crippen LogP contribution in [0.2, 0.25) is 0 Å². The van der Waals surface area contributed by atoms with Gasteiger partial charge in [-0.05, 0) is 37.3 Å². The summed E-state index contributed by atoms with van der Waals surface area (Å²) in [5.74, 6) is 0.736. The van der Waals surface area contributed by atoms with Crippen molar-refractivity contribution in [3.05, 3.63) is 78.1 Å². The maximum absolute atomic E-state index is 12.7. The normalized spacial score (nSPS) is 13.5. The van der Waals surface area contributed by atoms with Crippen molar-refractivity contribution in [2.45, 2.75) is 6.92 Å². The van der Waals surface area contributed by atoms with Gasteiger partial charge in [-0.3, -0.25) is 0 Å². The second-order valence-corrected chi connectivity index (χ2v) is 8.19. The maximum atomic E-state index is 12.7. The van der Waals surface area contributed by atoms with Crippen LogP contribution in [0.4, 0.5) is 16.3 Å². The van der Waals surface area contributed by atoms with Crippen molar-refractivity contribution < 1.29 is 4.79 Å². The number of aryl methyl sites for hydroxylation is 1. The highest BCUT2D eigenvalue weighted by Gasteiger charge is 2.24. The van der Waals surface area contributed by atoms with Crippen molar-refractivity contribution in [2.75, 3.05) is 36.4 Å². The molecule has 3 heterocycles. The smallest absolute Gasteiger partial charge is 0.321 e. The summed E-state index contributed by atoms with van der Waals surface area (Å²) in [7, 11) is 0. The molecule has 34 heavy (non-hydrogen) atoms. The molecular weight excluding hydrogens is 426 g/mol. The average molecular weight is 450 g/mol. The second-order valence-electron chi connectivity index (χ2n) is 8.19. The fourth-order valence-electron chi connectivity index (χ4n) is 4.07. The minimum Gasteiger partial charge on any atom is -0.351 e. The first-order valence-electron chi connectivity index (χ1n) is 11.1. The van der Waals surface area contributed by atoms with Crippen molar-refractivity contribution in [3.63, 3.8) is 0 Å². The lowest BCUT2D eigenvalue weighted by molar-refractivity contribution is 0.208. The van der Waals surface area contributed by atoms with Crippen LogP contribution in [0, 0.1) is 18.3 Å². The zero-order valence-electron chi connectivity index (χ0n) is 18.8. The number of nitrogens with zero attached hydrogens (tertiary/aromatic N) is 6. The number of benzene rings is 2. The maximum Gasteiger partial charge on any atom is 0.321 e. The summed E-state index contributed by atoms with van der Waals surface area (Å²) in [6.07, 6.45) is 1.54. The predicted octanol–water partition coefficient (Wildman–Crippen LogP) is 4.23. The number of hydrogen-bond donors (Lipinski definition) is 1. The van der Waals surface area contributed by atoms with Crippen LogP contribution in [0.25, 0.3) is 22.3 Å². The molecule has 168 valence electrons. The number of urea groups is 1. The number of rotatable bonds is 3. The first-order chi connectivity index (χ1) is 16.6. The molecule has 2 amide bonds. The molecule has 1 aliphatic rings. The second kappa shape index (κ2) is 9.16. The Morgan fingerprint density at radius 2 is 1.74 bits per heavy atom. The number of anilines is 2. The fraction of sp³-hybridized carbons (Fsp3) is 0.192. The number of fused-ring (bicyclic) bond motifs is 1. The van der Waals surface area contributed by atoms with Crippen LogP contribution in [0.15, 0.2) is 67.0 Å². The largest absolute Gasteiger partial charge is 0.351 e. The molecule has 0 atom stereocenters. The van der Waals surface area contributed by atoms with E-state index in [-0.39, 0.29) is 6.03 Å². The highest BCUT2D eigenvalue weighted by molar-refractivity contribution is 5.90. The number of carbonyl (C=O) groups is 1. The van der Waals surface area contributed by atoms with E-state index in [1.807, 2.05) is 66.4 Å². The molecule has 1 fully saturated rings. The monoisotopic (exact) mass is 449 g/mol. The summed E-state index contributed by atoms with van der Waals surface area (Å²) in [6, 6.07) is 21.1. The van der Waals surface area contributed by atoms with Crippen molar-refractivity contribution in [2.24, 2.45) is 0 Å². The zero-order valence-corrected chi connectivity index (χ0v) is 18.8. The Hall–Kier alpha value is -4.51. The number of nitrogens with one attached hydrogen (secondary N) is 1. The highest BCUT2D eigenvalue weighted by Crippen LogP contribution is 2.27. The Morgan fingerprint density at radius 3 is 2.50 bits per heavy atom. The molecule has 0 bridgehead atoms. The summed E-state index contributed by atoms with van der Waals surface area (Å²) in [5.41, 5.74) is 5.41. The lowest BCUT2D eigenvalue weighted by Gasteiger charge is -2.35. The molecule has 2 aromatic heterocycles. The molecule has 1 N–H and O–H groups in total. The van der Waals surface area contributed by atoms with E-state index in [0.717, 1.165) is 28.1 Å². The summed E-state index contributed by atoms with van der Waals surface area (Å²) in [4.78, 5) is 30.4. The molecular formula is C26H23N7O. The van der Waals surface area contributed by atoms with Crippen LogP contribution < -0.4 is 10.2 Å². The predicted molar refractivity (Wildman–Crippen MR) is 131 cm³/mol. The molecule has 8 nitrogen and oxygen atoms in total. The van der Waals surface area contributed by atoms with Gasteiger partial charge in [0.15, 0.2) is 5.82 Å². The summed E-state index contributed by atoms with van der Waals surface area (Å²) in [6.45, 7) is 4.42. The van der Waals surface area contributed by atoms with Crippen molar-refractivity contribution in [3.8, 4) is 17.3 Å². The van der Waals surface area contributed by atoms with Gasteiger partial charge in [-0.25, -0.2) is 19.7 Å². The lowest BCUT2D eigenvalue weighted by atomic mass is 10.0. The van der Waals surface area contributed by atoms with Gasteiger partial charge >= 0.3 is 6.03 Å². The lowest BCUT2D eigenvalue weighted by Crippen LogP contribution is -2.50. The molecule has 1 saturated heterocycles. The first kappa shape index (κ1) is 21.3. The average Bonchev–Trinajstić information content (AvgIpc) is 2.89. The van der Waals surface area contributed by atoms with Gasteiger partial charge < -0.3 is 15.1 Å². The van der Waals surface area contributed by atoms with Gasteiger partial charge in [0.25, 0.3) is 0 Å². The molecule has 4 aromatic rings. The van der Waals surface area contributed by atoms with Gasteiger partial charge in [0, 0.05) is 37.4 Å². The van der Waals surface area contributed by atoms with Crippen molar-refractivity contribution >= 4 is 28.6 Å². The van der Waals surface area contributed by atoms with E-state index < -0.39 is 0 Å². The van der Waals surface area contributed by atoms with Crippen LogP contribution in [0.3, 0.4) is 0 Å². The van der Waals surface area contributed by atoms with Gasteiger partial charge in [0.05, 0.1) is 22.8 Å². The summed E-state index contributed by atoms with van der Waals surface area (Å²) < 4.78 is 0. The van der Waals surface area contributed by atoms with E-state index in [4.69, 9.17) is 4.98 Å². The molecule has 5 rings (SSSR count). The molecule has 0 unspecified atom stereocenters. The number of pyridine rings is 1. The first-order valence-corrected chi connectivity index (χ1v) is 11.1. The number of hydrogen-bond acceptors (Lipinski definition) is 6. The van der Waals surface area contributed by atoms with Gasteiger partial charge in [-0.1, -0.05) is 35.9 Å². The third kappa shape index (κ3) is 4.24. The quantitative estimate of drug-likeness (QED) is 0.503. The van der Waals surface area contributed by atoms with Gasteiger partial charge in [-0.15, -0.1) is 0 Å². The van der Waals surface area contributed by atoms with E-state index in [1.54, 1.807) is 12.4 Å². The number of amides is 2. The summed E-state index contributed by atoms with van der Waals surface area (Å²) in [5, 5.41) is 12.4. The topological polar surface area (TPSA) is 98.0 Å². The minimum atomic E-state index is -0.107. The van der Waals surface area contributed by atoms with Crippen molar-refractivity contribution in [1.82, 2.24) is 19.9 Å². The van der Waals surface area contributed by atoms with E-state index in [0.29, 0.717) is 43.0 Å². The molecule has 0 spiro atoms. The Kier molecular flexibility index (Phi) is 5.75. The molecule has 0 aliphatic carbocycles. The van der Waals surface area contributed by atoms with E-state index >= 15 is 0 Å². The van der Waals surface area contributed by atoms with Crippen LogP contribution in [0.5, 0.6) is 0 Å². The molecule has 0 radical (unpaired) electrons. The van der Waals surface area contributed by atoms with E-state index in [2.05, 4.69) is 26.3 Å². The van der Waals surface area contributed by atoms with Crippen LogP contribution >= 0.6 is 0 Å². The zero-order chi connectivity index (χ0) is 23.5. The van der Waals surface area contributed by atoms with Gasteiger partial charge in [-0.2, -0.15) is 5.26 Å². The number of carbonyl (C=O) groups excluding carboxylic acids is 1. The third-order valence-corrected chi connectivity index (χ3v) is 5.96. The van der Waals surface area contributed by atoms with Crippen LogP contribution in [-0.4, -0.2) is 52.1 Å². The molecule has 2 aromatic carbocycles. The highest BCUT2D eigenvalue weighted by atomic mass is 16.2. The molecule has 0 saturated carbocycles. The molecule has 1 aliphatic heterocycles. The number of nitriles is 1. The molecule has 8 heteroatoms. The van der Waals surface area contributed by atoms with Crippen LogP contribution in [-0.2, 0) is 0 Å². The SMILES string of the molecule is Cc1ccc(NC(=O)N2CCN(c3ncnc4ccc(-c5ccccc5C#N)nc34)CC2)cc1. The Labute approximate surface area is 197 Å². The number of piperazine rings is 1. The Bertz CT molecular complexity index is 1390. The summed E-state index contributed by atoms with van der Waals surface area (Å²) >= 11 is 0. The van der Waals surface area contributed by atoms with E-state index in [9.17, 15) is 10.1 Å². The minimum absolute atomic E-state index is 0.107. The fourth-order valence-corrected chi connectivity index (χ4v) is 4.07. The van der Waals surface area contributed by atoms with Gasteiger partial charge in [0.2, 0.25) is 0 Å². The van der Waals surface area contributed by atoms with Gasteiger partial charge in [0.1, 0.15) is 11.8 Å². The standard InChI is InChI=1S/C26H23N7O/c1-18-6-8-20(9-7-18)30-26(34)33-14-12-32(13-15-33)25-24-23(28-17-29-25)11-10-22(31-24)21-5-3-2-4-19(21)16-27/h2-11,17H,12-15H2,1H3,(H,30,34).